The van der Waals surface area contributed by atoms with E-state index in [4.69, 9.17) is 0 Å². The molecule has 12 heavy (non-hydrogen) atoms. The normalized spacial score (nSPS) is 24.2. The number of rotatable bonds is 3. The average Bonchev–Trinajstić information content (AvgIpc) is 2.09. The van der Waals surface area contributed by atoms with Crippen molar-refractivity contribution in [1.82, 2.24) is 10.2 Å². The van der Waals surface area contributed by atoms with Crippen LogP contribution < -0.4 is 5.32 Å². The van der Waals surface area contributed by atoms with Crippen LogP contribution >= 0.6 is 0 Å². The predicted molar refractivity (Wildman–Crippen MR) is 53.4 cm³/mol. The lowest BCUT2D eigenvalue weighted by atomic mass is 9.91. The molecule has 1 fully saturated rings. The van der Waals surface area contributed by atoms with Crippen LogP contribution in [0.3, 0.4) is 0 Å². The van der Waals surface area contributed by atoms with Crippen molar-refractivity contribution in [3.63, 3.8) is 0 Å². The maximum absolute atomic E-state index is 3.31. The highest BCUT2D eigenvalue weighted by Crippen LogP contribution is 2.20. The fourth-order valence-electron chi connectivity index (χ4n) is 1.92. The van der Waals surface area contributed by atoms with Gasteiger partial charge in [-0.3, -0.25) is 0 Å². The molecular weight excluding hydrogens is 148 g/mol. The first-order valence-corrected chi connectivity index (χ1v) is 5.08. The Morgan fingerprint density at radius 3 is 2.50 bits per heavy atom. The summed E-state index contributed by atoms with van der Waals surface area (Å²) in [6.45, 7) is 4.86. The van der Waals surface area contributed by atoms with Gasteiger partial charge in [-0.05, 0) is 59.3 Å². The molecule has 0 bridgehead atoms. The minimum atomic E-state index is 0.693. The molecule has 72 valence electrons. The number of piperidine rings is 1. The highest BCUT2D eigenvalue weighted by molar-refractivity contribution is 4.73. The molecule has 0 spiro atoms. The first-order chi connectivity index (χ1) is 5.72. The SMILES string of the molecule is CNC(C)CC1CCN(C)CC1. The molecule has 1 N–H and O–H groups in total. The second kappa shape index (κ2) is 4.83. The standard InChI is InChI=1S/C10H22N2/c1-9(11-2)8-10-4-6-12(3)7-5-10/h9-11H,4-8H2,1-3H3. The van der Waals surface area contributed by atoms with Gasteiger partial charge in [-0.15, -0.1) is 0 Å². The Bertz CT molecular complexity index is 117. The molecule has 0 aromatic carbocycles. The molecular formula is C10H22N2. The second-order valence-electron chi connectivity index (χ2n) is 4.17. The molecule has 1 saturated heterocycles. The van der Waals surface area contributed by atoms with Crippen molar-refractivity contribution in [1.29, 1.82) is 0 Å². The quantitative estimate of drug-likeness (QED) is 0.687. The van der Waals surface area contributed by atoms with Crippen LogP contribution in [0.5, 0.6) is 0 Å². The van der Waals surface area contributed by atoms with E-state index in [2.05, 4.69) is 31.2 Å². The van der Waals surface area contributed by atoms with Crippen molar-refractivity contribution in [3.8, 4) is 0 Å². The van der Waals surface area contributed by atoms with E-state index in [0.717, 1.165) is 5.92 Å². The minimum Gasteiger partial charge on any atom is -0.317 e. The maximum atomic E-state index is 3.31. The van der Waals surface area contributed by atoms with Gasteiger partial charge < -0.3 is 10.2 Å². The van der Waals surface area contributed by atoms with Gasteiger partial charge in [0, 0.05) is 6.04 Å². The van der Waals surface area contributed by atoms with Gasteiger partial charge in [-0.1, -0.05) is 0 Å². The van der Waals surface area contributed by atoms with Crippen LogP contribution in [0.4, 0.5) is 0 Å². The number of likely N-dealkylation sites (tertiary alicyclic amines) is 1. The Balaban J connectivity index is 2.17. The Kier molecular flexibility index (Phi) is 4.02. The number of nitrogens with one attached hydrogen (secondary N) is 1. The van der Waals surface area contributed by atoms with Gasteiger partial charge in [0.1, 0.15) is 0 Å². The molecule has 1 atom stereocenters. The van der Waals surface area contributed by atoms with E-state index in [9.17, 15) is 0 Å². The molecule has 0 aliphatic carbocycles. The van der Waals surface area contributed by atoms with E-state index in [1.807, 2.05) is 0 Å². The van der Waals surface area contributed by atoms with Crippen molar-refractivity contribution < 1.29 is 0 Å². The van der Waals surface area contributed by atoms with Crippen LogP contribution in [-0.2, 0) is 0 Å². The summed E-state index contributed by atoms with van der Waals surface area (Å²) in [5, 5.41) is 3.31. The van der Waals surface area contributed by atoms with Gasteiger partial charge in [-0.2, -0.15) is 0 Å². The van der Waals surface area contributed by atoms with Crippen molar-refractivity contribution in [2.45, 2.75) is 32.2 Å². The highest BCUT2D eigenvalue weighted by atomic mass is 15.1. The summed E-state index contributed by atoms with van der Waals surface area (Å²) in [5.74, 6) is 0.962. The van der Waals surface area contributed by atoms with Crippen molar-refractivity contribution in [3.05, 3.63) is 0 Å². The van der Waals surface area contributed by atoms with Gasteiger partial charge >= 0.3 is 0 Å². The summed E-state index contributed by atoms with van der Waals surface area (Å²) in [7, 11) is 4.28. The number of hydrogen-bond acceptors (Lipinski definition) is 2. The van der Waals surface area contributed by atoms with Crippen LogP contribution in [0.2, 0.25) is 0 Å². The van der Waals surface area contributed by atoms with Gasteiger partial charge in [0.2, 0.25) is 0 Å². The van der Waals surface area contributed by atoms with E-state index in [0.29, 0.717) is 6.04 Å². The lowest BCUT2D eigenvalue weighted by Crippen LogP contribution is -2.33. The lowest BCUT2D eigenvalue weighted by molar-refractivity contribution is 0.204. The summed E-state index contributed by atoms with van der Waals surface area (Å²) in [6, 6.07) is 0.693. The number of nitrogens with zero attached hydrogens (tertiary/aromatic N) is 1. The molecule has 2 heteroatoms. The minimum absolute atomic E-state index is 0.693. The summed E-state index contributed by atoms with van der Waals surface area (Å²) >= 11 is 0. The Labute approximate surface area is 76.3 Å². The van der Waals surface area contributed by atoms with Crippen molar-refractivity contribution in [2.24, 2.45) is 5.92 Å². The third-order valence-corrected chi connectivity index (χ3v) is 3.02. The molecule has 0 radical (unpaired) electrons. The van der Waals surface area contributed by atoms with Crippen LogP contribution in [0.25, 0.3) is 0 Å². The molecule has 1 aliphatic heterocycles. The Hall–Kier alpha value is -0.0800. The lowest BCUT2D eigenvalue weighted by Gasteiger charge is -2.30. The molecule has 1 unspecified atom stereocenters. The molecule has 0 amide bonds. The van der Waals surface area contributed by atoms with Gasteiger partial charge in [-0.25, -0.2) is 0 Å². The first kappa shape index (κ1) is 10.0. The van der Waals surface area contributed by atoms with E-state index >= 15 is 0 Å². The first-order valence-electron chi connectivity index (χ1n) is 5.08. The van der Waals surface area contributed by atoms with Gasteiger partial charge in [0.15, 0.2) is 0 Å². The maximum Gasteiger partial charge on any atom is 0.00383 e. The van der Waals surface area contributed by atoms with Crippen LogP contribution in [0, 0.1) is 5.92 Å². The molecule has 0 aromatic heterocycles. The van der Waals surface area contributed by atoms with Crippen molar-refractivity contribution >= 4 is 0 Å². The summed E-state index contributed by atoms with van der Waals surface area (Å²) in [4.78, 5) is 2.43. The zero-order chi connectivity index (χ0) is 8.97. The third kappa shape index (κ3) is 3.11. The van der Waals surface area contributed by atoms with E-state index < -0.39 is 0 Å². The fraction of sp³-hybridized carbons (Fsp3) is 1.00. The van der Waals surface area contributed by atoms with Gasteiger partial charge in [0.05, 0.1) is 0 Å². The monoisotopic (exact) mass is 170 g/mol. The Morgan fingerprint density at radius 2 is 2.00 bits per heavy atom. The molecule has 1 heterocycles. The van der Waals surface area contributed by atoms with Crippen LogP contribution in [-0.4, -0.2) is 38.1 Å². The van der Waals surface area contributed by atoms with Crippen molar-refractivity contribution in [2.75, 3.05) is 27.2 Å². The van der Waals surface area contributed by atoms with Gasteiger partial charge in [0.25, 0.3) is 0 Å². The highest BCUT2D eigenvalue weighted by Gasteiger charge is 2.17. The molecule has 1 rings (SSSR count). The third-order valence-electron chi connectivity index (χ3n) is 3.02. The molecule has 2 nitrogen and oxygen atoms in total. The van der Waals surface area contributed by atoms with E-state index in [1.54, 1.807) is 0 Å². The van der Waals surface area contributed by atoms with E-state index in [-0.39, 0.29) is 0 Å². The topological polar surface area (TPSA) is 15.3 Å². The van der Waals surface area contributed by atoms with Crippen LogP contribution in [0.1, 0.15) is 26.2 Å². The smallest absolute Gasteiger partial charge is 0.00383 e. The number of hydrogen-bond donors (Lipinski definition) is 1. The fourth-order valence-corrected chi connectivity index (χ4v) is 1.92. The van der Waals surface area contributed by atoms with Crippen LogP contribution in [0.15, 0.2) is 0 Å². The molecule has 0 saturated carbocycles. The van der Waals surface area contributed by atoms with E-state index in [1.165, 1.54) is 32.4 Å². The largest absolute Gasteiger partial charge is 0.317 e. The average molecular weight is 170 g/mol. The zero-order valence-corrected chi connectivity index (χ0v) is 8.64. The summed E-state index contributed by atoms with van der Waals surface area (Å²) in [5.41, 5.74) is 0. The molecule has 1 aliphatic rings. The summed E-state index contributed by atoms with van der Waals surface area (Å²) < 4.78 is 0. The summed E-state index contributed by atoms with van der Waals surface area (Å²) in [6.07, 6.45) is 4.13. The Morgan fingerprint density at radius 1 is 1.42 bits per heavy atom. The zero-order valence-electron chi connectivity index (χ0n) is 8.64. The second-order valence-corrected chi connectivity index (χ2v) is 4.17. The molecule has 0 aromatic rings. The predicted octanol–water partition coefficient (Wildman–Crippen LogP) is 1.33.